The van der Waals surface area contributed by atoms with Crippen molar-refractivity contribution in [2.24, 2.45) is 0 Å². The van der Waals surface area contributed by atoms with Gasteiger partial charge in [0.15, 0.2) is 0 Å². The van der Waals surface area contributed by atoms with E-state index in [0.717, 1.165) is 41.8 Å². The lowest BCUT2D eigenvalue weighted by atomic mass is 9.96. The number of rotatable bonds is 4. The van der Waals surface area contributed by atoms with Crippen molar-refractivity contribution in [1.82, 2.24) is 19.3 Å². The molecule has 0 N–H and O–H groups in total. The minimum atomic E-state index is -3.59. The average Bonchev–Trinajstić information content (AvgIpc) is 3.16. The summed E-state index contributed by atoms with van der Waals surface area (Å²) < 4.78 is 33.8. The Bertz CT molecular complexity index is 1180. The van der Waals surface area contributed by atoms with Crippen LogP contribution in [0, 0.1) is 6.92 Å². The molecule has 1 aliphatic heterocycles. The Labute approximate surface area is 176 Å². The second kappa shape index (κ2) is 7.76. The average molecular weight is 427 g/mol. The van der Waals surface area contributed by atoms with Gasteiger partial charge in [0.1, 0.15) is 16.3 Å². The van der Waals surface area contributed by atoms with Gasteiger partial charge in [-0.15, -0.1) is 0 Å². The quantitative estimate of drug-likeness (QED) is 0.638. The van der Waals surface area contributed by atoms with E-state index in [9.17, 15) is 8.42 Å². The van der Waals surface area contributed by atoms with Gasteiger partial charge in [-0.05, 0) is 43.9 Å². The number of hydrogen-bond acceptors (Lipinski definition) is 6. The minimum absolute atomic E-state index is 0.291. The lowest BCUT2D eigenvalue weighted by Crippen LogP contribution is -2.48. The number of pyridine rings is 1. The van der Waals surface area contributed by atoms with Gasteiger partial charge in [-0.25, -0.2) is 8.42 Å². The molecule has 2 aromatic heterocycles. The minimum Gasteiger partial charge on any atom is -0.361 e. The number of piperazine rings is 1. The third-order valence-corrected chi connectivity index (χ3v) is 8.09. The molecule has 0 spiro atoms. The first-order chi connectivity index (χ1) is 14.5. The highest BCUT2D eigenvalue weighted by molar-refractivity contribution is 7.89. The third-order valence-electron chi connectivity index (χ3n) is 6.16. The summed E-state index contributed by atoms with van der Waals surface area (Å²) in [6, 6.07) is 7.33. The third kappa shape index (κ3) is 3.53. The van der Waals surface area contributed by atoms with Crippen LogP contribution in [0.3, 0.4) is 0 Å². The molecule has 1 aliphatic carbocycles. The van der Waals surface area contributed by atoms with Gasteiger partial charge < -0.3 is 4.52 Å². The summed E-state index contributed by atoms with van der Waals surface area (Å²) in [7, 11) is -3.59. The molecule has 0 unspecified atom stereocenters. The maximum absolute atomic E-state index is 13.3. The Morgan fingerprint density at radius 3 is 2.73 bits per heavy atom. The summed E-state index contributed by atoms with van der Waals surface area (Å²) in [5.74, 6) is 1.04. The van der Waals surface area contributed by atoms with E-state index in [1.807, 2.05) is 19.1 Å². The monoisotopic (exact) mass is 426 g/mol. The number of aromatic nitrogens is 2. The highest BCUT2D eigenvalue weighted by Gasteiger charge is 2.31. The molecule has 30 heavy (non-hydrogen) atoms. The molecule has 1 fully saturated rings. The number of nitrogens with zero attached hydrogens (tertiary/aromatic N) is 4. The van der Waals surface area contributed by atoms with Crippen molar-refractivity contribution < 1.29 is 12.9 Å². The largest absolute Gasteiger partial charge is 0.361 e. The van der Waals surface area contributed by atoms with E-state index in [-0.39, 0.29) is 0 Å². The van der Waals surface area contributed by atoms with Crippen LogP contribution in [-0.2, 0) is 29.4 Å². The topological polar surface area (TPSA) is 79.5 Å². The van der Waals surface area contributed by atoms with Gasteiger partial charge in [-0.3, -0.25) is 9.88 Å². The van der Waals surface area contributed by atoms with E-state index in [0.29, 0.717) is 36.6 Å². The standard InChI is InChI=1S/C22H26N4O3S/c1-16-13-17-5-4-8-21(22(17)23-14-16)30(27,28)26-11-9-25(10-12-26)15-19-18-6-2-3-7-20(18)29-24-19/h4-5,8,13-14H,2-3,6-7,9-12,15H2,1H3. The smallest absolute Gasteiger partial charge is 0.245 e. The number of aryl methyl sites for hydroxylation is 2. The molecule has 5 rings (SSSR count). The molecule has 0 radical (unpaired) electrons. The molecule has 0 bridgehead atoms. The number of hydrogen-bond donors (Lipinski definition) is 0. The van der Waals surface area contributed by atoms with Crippen molar-refractivity contribution >= 4 is 20.9 Å². The van der Waals surface area contributed by atoms with Gasteiger partial charge in [0.05, 0.1) is 5.52 Å². The Hall–Kier alpha value is -2.29. The summed E-state index contributed by atoms with van der Waals surface area (Å²) in [5, 5.41) is 5.14. The van der Waals surface area contributed by atoms with Crippen LogP contribution in [0.15, 0.2) is 39.9 Å². The van der Waals surface area contributed by atoms with Crippen molar-refractivity contribution in [3.8, 4) is 0 Å². The second-order valence-electron chi connectivity index (χ2n) is 8.26. The van der Waals surface area contributed by atoms with Crippen LogP contribution in [0.5, 0.6) is 0 Å². The Balaban J connectivity index is 1.31. The van der Waals surface area contributed by atoms with Crippen LogP contribution >= 0.6 is 0 Å². The Morgan fingerprint density at radius 1 is 1.10 bits per heavy atom. The van der Waals surface area contributed by atoms with Crippen LogP contribution in [0.4, 0.5) is 0 Å². The summed E-state index contributed by atoms with van der Waals surface area (Å²) in [6.07, 6.45) is 6.09. The first-order valence-corrected chi connectivity index (χ1v) is 12.0. The lowest BCUT2D eigenvalue weighted by molar-refractivity contribution is 0.177. The fraction of sp³-hybridized carbons (Fsp3) is 0.455. The van der Waals surface area contributed by atoms with Crippen molar-refractivity contribution in [2.45, 2.75) is 44.0 Å². The molecular formula is C22H26N4O3S. The Morgan fingerprint density at radius 2 is 1.90 bits per heavy atom. The Kier molecular flexibility index (Phi) is 5.08. The van der Waals surface area contributed by atoms with E-state index < -0.39 is 10.0 Å². The van der Waals surface area contributed by atoms with E-state index >= 15 is 0 Å². The number of sulfonamides is 1. The predicted molar refractivity (Wildman–Crippen MR) is 114 cm³/mol. The molecule has 2 aliphatic rings. The van der Waals surface area contributed by atoms with E-state index in [1.165, 1.54) is 18.4 Å². The maximum Gasteiger partial charge on any atom is 0.245 e. The van der Waals surface area contributed by atoms with Gasteiger partial charge in [0.25, 0.3) is 0 Å². The second-order valence-corrected chi connectivity index (χ2v) is 10.2. The van der Waals surface area contributed by atoms with Gasteiger partial charge >= 0.3 is 0 Å². The van der Waals surface area contributed by atoms with Gasteiger partial charge in [-0.2, -0.15) is 4.31 Å². The van der Waals surface area contributed by atoms with Crippen LogP contribution in [0.2, 0.25) is 0 Å². The van der Waals surface area contributed by atoms with Gasteiger partial charge in [0.2, 0.25) is 10.0 Å². The molecule has 0 saturated carbocycles. The van der Waals surface area contributed by atoms with Crippen LogP contribution in [-0.4, -0.2) is 53.9 Å². The van der Waals surface area contributed by atoms with Crippen molar-refractivity contribution in [3.05, 3.63) is 53.0 Å². The summed E-state index contributed by atoms with van der Waals surface area (Å²) >= 11 is 0. The van der Waals surface area contributed by atoms with Crippen molar-refractivity contribution in [1.29, 1.82) is 0 Å². The first-order valence-electron chi connectivity index (χ1n) is 10.6. The molecule has 3 aromatic rings. The first kappa shape index (κ1) is 19.7. The zero-order chi connectivity index (χ0) is 20.7. The highest BCUT2D eigenvalue weighted by atomic mass is 32.2. The van der Waals surface area contributed by atoms with Crippen molar-refractivity contribution in [3.63, 3.8) is 0 Å². The zero-order valence-electron chi connectivity index (χ0n) is 17.2. The lowest BCUT2D eigenvalue weighted by Gasteiger charge is -2.33. The molecule has 8 heteroatoms. The number of fused-ring (bicyclic) bond motifs is 2. The van der Waals surface area contributed by atoms with Crippen LogP contribution in [0.1, 0.15) is 35.4 Å². The molecule has 158 valence electrons. The predicted octanol–water partition coefficient (Wildman–Crippen LogP) is 2.92. The van der Waals surface area contributed by atoms with Gasteiger partial charge in [0, 0.05) is 56.3 Å². The normalized spacial score (nSPS) is 18.6. The van der Waals surface area contributed by atoms with E-state index in [1.54, 1.807) is 22.6 Å². The maximum atomic E-state index is 13.3. The number of benzene rings is 1. The molecule has 0 amide bonds. The molecule has 7 nitrogen and oxygen atoms in total. The number of para-hydroxylation sites is 1. The SMILES string of the molecule is Cc1cnc2c(S(=O)(=O)N3CCN(Cc4noc5c4CCCC5)CC3)cccc2c1. The fourth-order valence-electron chi connectivity index (χ4n) is 4.50. The molecule has 3 heterocycles. The molecule has 0 atom stereocenters. The van der Waals surface area contributed by atoms with Crippen LogP contribution < -0.4 is 0 Å². The van der Waals surface area contributed by atoms with Gasteiger partial charge in [-0.1, -0.05) is 17.3 Å². The van der Waals surface area contributed by atoms with E-state index in [2.05, 4.69) is 15.0 Å². The summed E-state index contributed by atoms with van der Waals surface area (Å²) in [5.41, 5.74) is 3.85. The van der Waals surface area contributed by atoms with E-state index in [4.69, 9.17) is 4.52 Å². The van der Waals surface area contributed by atoms with Crippen LogP contribution in [0.25, 0.3) is 10.9 Å². The zero-order valence-corrected chi connectivity index (χ0v) is 18.0. The van der Waals surface area contributed by atoms with Crippen molar-refractivity contribution in [2.75, 3.05) is 26.2 Å². The summed E-state index contributed by atoms with van der Waals surface area (Å²) in [4.78, 5) is 6.97. The summed E-state index contributed by atoms with van der Waals surface area (Å²) in [6.45, 7) is 4.96. The highest BCUT2D eigenvalue weighted by Crippen LogP contribution is 2.27. The fourth-order valence-corrected chi connectivity index (χ4v) is 6.09. The molecule has 1 aromatic carbocycles. The molecule has 1 saturated heterocycles. The molecular weight excluding hydrogens is 400 g/mol.